The zero-order chi connectivity index (χ0) is 16.5. The molecule has 0 saturated carbocycles. The van der Waals surface area contributed by atoms with Crippen molar-refractivity contribution in [1.29, 1.82) is 0 Å². The Kier molecular flexibility index (Phi) is 4.81. The summed E-state index contributed by atoms with van der Waals surface area (Å²) in [5.41, 5.74) is 3.44. The Balaban J connectivity index is 1.83. The van der Waals surface area contributed by atoms with Crippen molar-refractivity contribution < 1.29 is 9.53 Å². The smallest absolute Gasteiger partial charge is 0.410 e. The molecule has 0 radical (unpaired) electrons. The third-order valence-electron chi connectivity index (χ3n) is 3.76. The molecule has 0 bridgehead atoms. The fourth-order valence-corrected chi connectivity index (χ4v) is 2.77. The Hall–Kier alpha value is -1.55. The van der Waals surface area contributed by atoms with E-state index in [0.29, 0.717) is 19.1 Å². The van der Waals surface area contributed by atoms with Crippen LogP contribution in [0.2, 0.25) is 0 Å². The summed E-state index contributed by atoms with van der Waals surface area (Å²) in [6, 6.07) is 7.24. The predicted molar refractivity (Wildman–Crippen MR) is 89.1 cm³/mol. The lowest BCUT2D eigenvalue weighted by atomic mass is 10.0. The molecular weight excluding hydrogens is 276 g/mol. The largest absolute Gasteiger partial charge is 0.444 e. The summed E-state index contributed by atoms with van der Waals surface area (Å²) in [7, 11) is 0. The molecule has 1 saturated heterocycles. The van der Waals surface area contributed by atoms with Crippen molar-refractivity contribution in [3.8, 4) is 0 Å². The minimum Gasteiger partial charge on any atom is -0.444 e. The highest BCUT2D eigenvalue weighted by atomic mass is 16.6. The van der Waals surface area contributed by atoms with Crippen LogP contribution in [-0.4, -0.2) is 35.7 Å². The lowest BCUT2D eigenvalue weighted by Crippen LogP contribution is -2.60. The van der Waals surface area contributed by atoms with Gasteiger partial charge in [-0.2, -0.15) is 0 Å². The van der Waals surface area contributed by atoms with Gasteiger partial charge in [0.2, 0.25) is 0 Å². The number of carbonyl (C=O) groups excluding carboxylic acids is 1. The first-order chi connectivity index (χ1) is 10.1. The molecule has 1 aliphatic heterocycles. The first-order valence-electron chi connectivity index (χ1n) is 7.96. The van der Waals surface area contributed by atoms with Gasteiger partial charge < -0.3 is 15.0 Å². The molecule has 0 aromatic heterocycles. The first kappa shape index (κ1) is 16.8. The molecular formula is C18H28N2O2. The molecule has 22 heavy (non-hydrogen) atoms. The molecule has 1 amide bonds. The van der Waals surface area contributed by atoms with Gasteiger partial charge in [0.05, 0.1) is 0 Å². The number of rotatable bonds is 3. The van der Waals surface area contributed by atoms with E-state index in [1.807, 2.05) is 20.8 Å². The molecule has 0 aliphatic carbocycles. The molecule has 1 fully saturated rings. The summed E-state index contributed by atoms with van der Waals surface area (Å²) in [4.78, 5) is 13.7. The molecule has 1 aromatic carbocycles. The summed E-state index contributed by atoms with van der Waals surface area (Å²) in [5, 5.41) is 3.59. The zero-order valence-corrected chi connectivity index (χ0v) is 14.6. The van der Waals surface area contributed by atoms with E-state index >= 15 is 0 Å². The van der Waals surface area contributed by atoms with Crippen molar-refractivity contribution in [3.63, 3.8) is 0 Å². The van der Waals surface area contributed by atoms with Crippen LogP contribution in [0.1, 0.15) is 50.4 Å². The average Bonchev–Trinajstić information content (AvgIpc) is 2.29. The summed E-state index contributed by atoms with van der Waals surface area (Å²) in [6.07, 6.45) is -0.218. The second kappa shape index (κ2) is 6.29. The summed E-state index contributed by atoms with van der Waals surface area (Å²) in [6.45, 7) is 13.5. The number of carbonyl (C=O) groups is 1. The maximum atomic E-state index is 11.9. The van der Waals surface area contributed by atoms with Crippen molar-refractivity contribution in [2.45, 2.75) is 59.2 Å². The highest BCUT2D eigenvalue weighted by Crippen LogP contribution is 2.20. The fraction of sp³-hybridized carbons (Fsp3) is 0.611. The first-order valence-corrected chi connectivity index (χ1v) is 7.96. The van der Waals surface area contributed by atoms with Crippen LogP contribution >= 0.6 is 0 Å². The molecule has 1 unspecified atom stereocenters. The van der Waals surface area contributed by atoms with E-state index in [1.165, 1.54) is 16.7 Å². The Labute approximate surface area is 133 Å². The molecule has 0 spiro atoms. The molecule has 4 heteroatoms. The van der Waals surface area contributed by atoms with E-state index in [2.05, 4.69) is 44.3 Å². The maximum absolute atomic E-state index is 11.9. The monoisotopic (exact) mass is 304 g/mol. The molecule has 1 aromatic rings. The van der Waals surface area contributed by atoms with Crippen LogP contribution < -0.4 is 5.32 Å². The van der Waals surface area contributed by atoms with Crippen molar-refractivity contribution in [2.75, 3.05) is 13.1 Å². The Bertz CT molecular complexity index is 522. The third kappa shape index (κ3) is 4.47. The number of likely N-dealkylation sites (tertiary alicyclic amines) is 1. The minimum absolute atomic E-state index is 0.218. The quantitative estimate of drug-likeness (QED) is 0.928. The van der Waals surface area contributed by atoms with Gasteiger partial charge >= 0.3 is 6.09 Å². The van der Waals surface area contributed by atoms with Gasteiger partial charge in [0.25, 0.3) is 0 Å². The lowest BCUT2D eigenvalue weighted by Gasteiger charge is -2.41. The van der Waals surface area contributed by atoms with E-state index < -0.39 is 5.60 Å². The Morgan fingerprint density at radius 2 is 1.77 bits per heavy atom. The maximum Gasteiger partial charge on any atom is 0.410 e. The van der Waals surface area contributed by atoms with Gasteiger partial charge in [-0.25, -0.2) is 4.79 Å². The van der Waals surface area contributed by atoms with Crippen molar-refractivity contribution in [2.24, 2.45) is 0 Å². The van der Waals surface area contributed by atoms with E-state index in [4.69, 9.17) is 4.74 Å². The molecule has 122 valence electrons. The van der Waals surface area contributed by atoms with Crippen molar-refractivity contribution in [3.05, 3.63) is 34.9 Å². The fourth-order valence-electron chi connectivity index (χ4n) is 2.77. The number of amides is 1. The van der Waals surface area contributed by atoms with Crippen LogP contribution in [0.25, 0.3) is 0 Å². The normalized spacial score (nSPS) is 17.1. The molecule has 4 nitrogen and oxygen atoms in total. The van der Waals surface area contributed by atoms with Gasteiger partial charge in [0.15, 0.2) is 0 Å². The predicted octanol–water partition coefficient (Wildman–Crippen LogP) is 3.57. The third-order valence-corrected chi connectivity index (χ3v) is 3.76. The van der Waals surface area contributed by atoms with Crippen LogP contribution in [0.3, 0.4) is 0 Å². The number of nitrogens with zero attached hydrogens (tertiary/aromatic N) is 1. The highest BCUT2D eigenvalue weighted by Gasteiger charge is 2.34. The van der Waals surface area contributed by atoms with Gasteiger partial charge in [0, 0.05) is 25.2 Å². The van der Waals surface area contributed by atoms with E-state index in [1.54, 1.807) is 4.90 Å². The topological polar surface area (TPSA) is 41.6 Å². The van der Waals surface area contributed by atoms with Gasteiger partial charge in [-0.05, 0) is 47.1 Å². The summed E-state index contributed by atoms with van der Waals surface area (Å²) >= 11 is 0. The van der Waals surface area contributed by atoms with Gasteiger partial charge in [-0.1, -0.05) is 29.3 Å². The van der Waals surface area contributed by atoms with Crippen LogP contribution in [0.5, 0.6) is 0 Å². The van der Waals surface area contributed by atoms with Gasteiger partial charge in [-0.15, -0.1) is 0 Å². The van der Waals surface area contributed by atoms with Crippen molar-refractivity contribution in [1.82, 2.24) is 10.2 Å². The number of aryl methyl sites for hydroxylation is 2. The summed E-state index contributed by atoms with van der Waals surface area (Å²) < 4.78 is 5.37. The second-order valence-corrected chi connectivity index (χ2v) is 7.39. The lowest BCUT2D eigenvalue weighted by molar-refractivity contribution is 0.00434. The Morgan fingerprint density at radius 3 is 2.27 bits per heavy atom. The van der Waals surface area contributed by atoms with Crippen molar-refractivity contribution >= 4 is 6.09 Å². The number of benzene rings is 1. The van der Waals surface area contributed by atoms with Crippen LogP contribution in [0.4, 0.5) is 4.79 Å². The minimum atomic E-state index is -0.429. The van der Waals surface area contributed by atoms with E-state index in [0.717, 1.165) is 0 Å². The van der Waals surface area contributed by atoms with Crippen LogP contribution in [0, 0.1) is 13.8 Å². The summed E-state index contributed by atoms with van der Waals surface area (Å²) in [5.74, 6) is 0. The second-order valence-electron chi connectivity index (χ2n) is 7.39. The molecule has 1 atom stereocenters. The molecule has 1 aliphatic rings. The number of ether oxygens (including phenoxy) is 1. The molecule has 2 rings (SSSR count). The highest BCUT2D eigenvalue weighted by molar-refractivity contribution is 5.69. The number of hydrogen-bond acceptors (Lipinski definition) is 3. The number of nitrogens with one attached hydrogen (secondary N) is 1. The molecule has 1 N–H and O–H groups in total. The average molecular weight is 304 g/mol. The Morgan fingerprint density at radius 1 is 1.23 bits per heavy atom. The van der Waals surface area contributed by atoms with Gasteiger partial charge in [0.1, 0.15) is 5.60 Å². The van der Waals surface area contributed by atoms with E-state index in [-0.39, 0.29) is 12.1 Å². The van der Waals surface area contributed by atoms with Crippen LogP contribution in [0.15, 0.2) is 18.2 Å². The molecule has 1 heterocycles. The van der Waals surface area contributed by atoms with E-state index in [9.17, 15) is 4.79 Å². The number of hydrogen-bond donors (Lipinski definition) is 1. The van der Waals surface area contributed by atoms with Crippen LogP contribution in [-0.2, 0) is 4.74 Å². The standard InChI is InChI=1S/C18H28N2O2/c1-12-7-13(2)9-15(8-12)14(3)19-16-10-20(11-16)17(21)22-18(4,5)6/h7-9,14,16,19H,10-11H2,1-6H3. The SMILES string of the molecule is Cc1cc(C)cc(C(C)NC2CN(C(=O)OC(C)(C)C)C2)c1. The zero-order valence-electron chi connectivity index (χ0n) is 14.6. The van der Waals surface area contributed by atoms with Gasteiger partial charge in [-0.3, -0.25) is 0 Å².